The highest BCUT2D eigenvalue weighted by Crippen LogP contribution is 2.26. The molecule has 19 heavy (non-hydrogen) atoms. The number of benzene rings is 1. The molecule has 1 fully saturated rings. The van der Waals surface area contributed by atoms with Crippen LogP contribution in [0.2, 0.25) is 0 Å². The summed E-state index contributed by atoms with van der Waals surface area (Å²) in [4.78, 5) is 2.30. The Kier molecular flexibility index (Phi) is 5.05. The molecule has 0 radical (unpaired) electrons. The van der Waals surface area contributed by atoms with Crippen LogP contribution >= 0.6 is 0 Å². The van der Waals surface area contributed by atoms with Gasteiger partial charge in [0.1, 0.15) is 0 Å². The van der Waals surface area contributed by atoms with Gasteiger partial charge < -0.3 is 20.1 Å². The lowest BCUT2D eigenvalue weighted by molar-refractivity contribution is 0.256. The summed E-state index contributed by atoms with van der Waals surface area (Å²) in [7, 11) is 3.69. The quantitative estimate of drug-likeness (QED) is 0.853. The van der Waals surface area contributed by atoms with Gasteiger partial charge in [-0.25, -0.2) is 0 Å². The Morgan fingerprint density at radius 2 is 2.26 bits per heavy atom. The SMILES string of the molecule is COc1ccc(CN(C)CC2CCCCN2)cc1O. The zero-order valence-electron chi connectivity index (χ0n) is 11.9. The number of nitrogens with one attached hydrogen (secondary N) is 1. The van der Waals surface area contributed by atoms with E-state index in [0.29, 0.717) is 11.8 Å². The van der Waals surface area contributed by atoms with E-state index in [0.717, 1.165) is 25.2 Å². The molecule has 0 aromatic heterocycles. The molecule has 0 saturated carbocycles. The van der Waals surface area contributed by atoms with Crippen LogP contribution in [0, 0.1) is 0 Å². The number of rotatable bonds is 5. The third kappa shape index (κ3) is 4.11. The van der Waals surface area contributed by atoms with Gasteiger partial charge in [-0.15, -0.1) is 0 Å². The van der Waals surface area contributed by atoms with Crippen LogP contribution < -0.4 is 10.1 Å². The van der Waals surface area contributed by atoms with Crippen LogP contribution in [0.25, 0.3) is 0 Å². The van der Waals surface area contributed by atoms with Crippen molar-refractivity contribution in [2.45, 2.75) is 31.8 Å². The number of likely N-dealkylation sites (N-methyl/N-ethyl adjacent to an activating group) is 1. The Hall–Kier alpha value is -1.26. The standard InChI is InChI=1S/C15H24N2O2/c1-17(11-13-5-3-4-8-16-13)10-12-6-7-15(19-2)14(18)9-12/h6-7,9,13,16,18H,3-5,8,10-11H2,1-2H3. The fourth-order valence-electron chi connectivity index (χ4n) is 2.67. The van der Waals surface area contributed by atoms with E-state index in [2.05, 4.69) is 17.3 Å². The van der Waals surface area contributed by atoms with E-state index in [9.17, 15) is 5.11 Å². The first kappa shape index (κ1) is 14.2. The molecule has 1 atom stereocenters. The molecular weight excluding hydrogens is 240 g/mol. The lowest BCUT2D eigenvalue weighted by atomic mass is 10.0. The fourth-order valence-corrected chi connectivity index (χ4v) is 2.67. The van der Waals surface area contributed by atoms with Gasteiger partial charge in [-0.3, -0.25) is 0 Å². The Morgan fingerprint density at radius 3 is 2.89 bits per heavy atom. The number of hydrogen-bond donors (Lipinski definition) is 2. The number of methoxy groups -OCH3 is 1. The number of hydrogen-bond acceptors (Lipinski definition) is 4. The second kappa shape index (κ2) is 6.78. The lowest BCUT2D eigenvalue weighted by Crippen LogP contribution is -2.42. The molecule has 1 unspecified atom stereocenters. The molecule has 1 aliphatic rings. The number of aromatic hydroxyl groups is 1. The molecule has 4 nitrogen and oxygen atoms in total. The van der Waals surface area contributed by atoms with Crippen molar-refractivity contribution in [3.05, 3.63) is 23.8 Å². The normalized spacial score (nSPS) is 19.6. The van der Waals surface area contributed by atoms with E-state index in [1.165, 1.54) is 19.3 Å². The third-order valence-corrected chi connectivity index (χ3v) is 3.64. The molecule has 2 rings (SSSR count). The summed E-state index contributed by atoms with van der Waals surface area (Å²) in [6.45, 7) is 3.03. The van der Waals surface area contributed by atoms with Crippen molar-refractivity contribution < 1.29 is 9.84 Å². The van der Waals surface area contributed by atoms with Gasteiger partial charge in [0.15, 0.2) is 11.5 Å². The Morgan fingerprint density at radius 1 is 1.42 bits per heavy atom. The molecule has 1 aliphatic heterocycles. The Labute approximate surface area is 115 Å². The monoisotopic (exact) mass is 264 g/mol. The first-order valence-corrected chi connectivity index (χ1v) is 6.97. The van der Waals surface area contributed by atoms with E-state index >= 15 is 0 Å². The summed E-state index contributed by atoms with van der Waals surface area (Å²) in [6, 6.07) is 6.20. The van der Waals surface area contributed by atoms with Crippen LogP contribution in [0.15, 0.2) is 18.2 Å². The second-order valence-corrected chi connectivity index (χ2v) is 5.35. The fraction of sp³-hybridized carbons (Fsp3) is 0.600. The third-order valence-electron chi connectivity index (χ3n) is 3.64. The van der Waals surface area contributed by atoms with E-state index in [1.54, 1.807) is 13.2 Å². The summed E-state index contributed by atoms with van der Waals surface area (Å²) < 4.78 is 5.05. The predicted molar refractivity (Wildman–Crippen MR) is 76.6 cm³/mol. The Balaban J connectivity index is 1.87. The number of nitrogens with zero attached hydrogens (tertiary/aromatic N) is 1. The van der Waals surface area contributed by atoms with Gasteiger partial charge >= 0.3 is 0 Å². The average molecular weight is 264 g/mol. The van der Waals surface area contributed by atoms with Gasteiger partial charge in [0, 0.05) is 19.1 Å². The van der Waals surface area contributed by atoms with Crippen molar-refractivity contribution in [1.29, 1.82) is 0 Å². The summed E-state index contributed by atoms with van der Waals surface area (Å²) in [5.41, 5.74) is 1.11. The summed E-state index contributed by atoms with van der Waals surface area (Å²) in [5.74, 6) is 0.740. The van der Waals surface area contributed by atoms with E-state index in [-0.39, 0.29) is 5.75 Å². The number of ether oxygens (including phenoxy) is 1. The van der Waals surface area contributed by atoms with Crippen molar-refractivity contribution in [3.63, 3.8) is 0 Å². The molecule has 0 spiro atoms. The van der Waals surface area contributed by atoms with Gasteiger partial charge in [0.05, 0.1) is 7.11 Å². The molecule has 0 amide bonds. The van der Waals surface area contributed by atoms with Crippen molar-refractivity contribution in [3.8, 4) is 11.5 Å². The van der Waals surface area contributed by atoms with Crippen molar-refractivity contribution in [2.24, 2.45) is 0 Å². The van der Waals surface area contributed by atoms with E-state index < -0.39 is 0 Å². The number of phenols is 1. The summed E-state index contributed by atoms with van der Waals surface area (Å²) in [6.07, 6.45) is 3.89. The predicted octanol–water partition coefficient (Wildman–Crippen LogP) is 1.97. The van der Waals surface area contributed by atoms with Crippen LogP contribution in [0.3, 0.4) is 0 Å². The molecule has 0 bridgehead atoms. The zero-order chi connectivity index (χ0) is 13.7. The van der Waals surface area contributed by atoms with Gasteiger partial charge in [-0.05, 0) is 44.1 Å². The lowest BCUT2D eigenvalue weighted by Gasteiger charge is -2.28. The smallest absolute Gasteiger partial charge is 0.160 e. The highest BCUT2D eigenvalue weighted by molar-refractivity contribution is 5.41. The molecule has 2 N–H and O–H groups in total. The van der Waals surface area contributed by atoms with Gasteiger partial charge in [-0.2, -0.15) is 0 Å². The van der Waals surface area contributed by atoms with E-state index in [1.807, 2.05) is 12.1 Å². The van der Waals surface area contributed by atoms with Crippen LogP contribution in [-0.2, 0) is 6.54 Å². The number of piperidine rings is 1. The van der Waals surface area contributed by atoms with Crippen LogP contribution in [0.1, 0.15) is 24.8 Å². The van der Waals surface area contributed by atoms with Crippen LogP contribution in [0.4, 0.5) is 0 Å². The Bertz CT molecular complexity index is 403. The number of phenolic OH excluding ortho intramolecular Hbond substituents is 1. The molecule has 1 heterocycles. The highest BCUT2D eigenvalue weighted by atomic mass is 16.5. The van der Waals surface area contributed by atoms with Crippen LogP contribution in [-0.4, -0.2) is 43.3 Å². The van der Waals surface area contributed by atoms with Crippen molar-refractivity contribution in [1.82, 2.24) is 10.2 Å². The molecule has 106 valence electrons. The maximum Gasteiger partial charge on any atom is 0.160 e. The van der Waals surface area contributed by atoms with Gasteiger partial charge in [-0.1, -0.05) is 12.5 Å². The maximum atomic E-state index is 9.77. The molecule has 1 aromatic rings. The van der Waals surface area contributed by atoms with E-state index in [4.69, 9.17) is 4.74 Å². The van der Waals surface area contributed by atoms with Gasteiger partial charge in [0.25, 0.3) is 0 Å². The second-order valence-electron chi connectivity index (χ2n) is 5.35. The maximum absolute atomic E-state index is 9.77. The molecule has 4 heteroatoms. The topological polar surface area (TPSA) is 44.7 Å². The average Bonchev–Trinajstić information content (AvgIpc) is 2.40. The highest BCUT2D eigenvalue weighted by Gasteiger charge is 2.14. The van der Waals surface area contributed by atoms with Crippen molar-refractivity contribution in [2.75, 3.05) is 27.2 Å². The van der Waals surface area contributed by atoms with Crippen LogP contribution in [0.5, 0.6) is 11.5 Å². The molecule has 0 aliphatic carbocycles. The molecule has 1 saturated heterocycles. The summed E-state index contributed by atoms with van der Waals surface area (Å²) in [5, 5.41) is 13.3. The van der Waals surface area contributed by atoms with Gasteiger partial charge in [0.2, 0.25) is 0 Å². The molecule has 1 aromatic carbocycles. The summed E-state index contributed by atoms with van der Waals surface area (Å²) >= 11 is 0. The minimum atomic E-state index is 0.212. The zero-order valence-corrected chi connectivity index (χ0v) is 11.9. The van der Waals surface area contributed by atoms with Crippen molar-refractivity contribution >= 4 is 0 Å². The molecular formula is C15H24N2O2. The minimum absolute atomic E-state index is 0.212. The minimum Gasteiger partial charge on any atom is -0.504 e. The first-order chi connectivity index (χ1) is 9.19. The first-order valence-electron chi connectivity index (χ1n) is 6.97. The largest absolute Gasteiger partial charge is 0.504 e.